The van der Waals surface area contributed by atoms with Gasteiger partial charge in [0.05, 0.1) is 0 Å². The number of carbonyl (C=O) groups excluding carboxylic acids is 1. The number of hydrogen-bond acceptors (Lipinski definition) is 3. The Morgan fingerprint density at radius 2 is 2.45 bits per heavy atom. The topological polar surface area (TPSA) is 50.4 Å². The molecule has 0 atom stereocenters. The molecular formula is C7H14N2O2. The van der Waals surface area contributed by atoms with Crippen molar-refractivity contribution in [1.29, 1.82) is 0 Å². The van der Waals surface area contributed by atoms with Crippen molar-refractivity contribution in [3.05, 3.63) is 0 Å². The van der Waals surface area contributed by atoms with Crippen LogP contribution in [-0.4, -0.2) is 39.3 Å². The first kappa shape index (κ1) is 8.49. The Bertz CT molecular complexity index is 134. The minimum absolute atomic E-state index is 0.0283. The molecule has 11 heavy (non-hydrogen) atoms. The molecule has 0 unspecified atom stereocenters. The molecule has 0 aromatic carbocycles. The van der Waals surface area contributed by atoms with Gasteiger partial charge >= 0.3 is 0 Å². The van der Waals surface area contributed by atoms with E-state index in [2.05, 4.69) is 15.4 Å². The Balaban J connectivity index is 1.96. The third-order valence-corrected chi connectivity index (χ3v) is 1.73. The van der Waals surface area contributed by atoms with Gasteiger partial charge in [0.15, 0.2) is 0 Å². The van der Waals surface area contributed by atoms with E-state index >= 15 is 0 Å². The van der Waals surface area contributed by atoms with Crippen LogP contribution in [0.4, 0.5) is 0 Å². The zero-order valence-electron chi connectivity index (χ0n) is 6.72. The molecule has 0 radical (unpaired) electrons. The van der Waals surface area contributed by atoms with Crippen molar-refractivity contribution in [3.63, 3.8) is 0 Å². The third-order valence-electron chi connectivity index (χ3n) is 1.73. The normalized spacial score (nSPS) is 17.5. The molecule has 0 aromatic rings. The Hall–Kier alpha value is -0.610. The molecule has 1 aliphatic heterocycles. The van der Waals surface area contributed by atoms with Crippen LogP contribution in [0.1, 0.15) is 0 Å². The molecule has 0 saturated carbocycles. The van der Waals surface area contributed by atoms with Gasteiger partial charge < -0.3 is 15.4 Å². The van der Waals surface area contributed by atoms with Crippen LogP contribution in [-0.2, 0) is 9.53 Å². The Morgan fingerprint density at radius 3 is 2.91 bits per heavy atom. The number of nitrogens with one attached hydrogen (secondary N) is 2. The highest BCUT2D eigenvalue weighted by Crippen LogP contribution is 1.99. The van der Waals surface area contributed by atoms with E-state index in [4.69, 9.17) is 0 Å². The predicted molar refractivity (Wildman–Crippen MR) is 41.2 cm³/mol. The van der Waals surface area contributed by atoms with Gasteiger partial charge in [-0.1, -0.05) is 0 Å². The van der Waals surface area contributed by atoms with Gasteiger partial charge in [-0.25, -0.2) is 0 Å². The lowest BCUT2D eigenvalue weighted by Crippen LogP contribution is -2.48. The van der Waals surface area contributed by atoms with Crippen LogP contribution in [0.3, 0.4) is 0 Å². The number of rotatable bonds is 4. The number of amides is 1. The first-order chi connectivity index (χ1) is 5.33. The molecule has 4 heteroatoms. The van der Waals surface area contributed by atoms with Gasteiger partial charge in [0.25, 0.3) is 0 Å². The molecule has 0 bridgehead atoms. The fraction of sp³-hybridized carbons (Fsp3) is 0.857. The summed E-state index contributed by atoms with van der Waals surface area (Å²) >= 11 is 0. The van der Waals surface area contributed by atoms with E-state index in [-0.39, 0.29) is 12.5 Å². The standard InChI is InChI=1S/C7H14N2O2/c1-11-5-7(10)9-4-6-2-8-3-6/h6,8H,2-5H2,1H3,(H,9,10). The van der Waals surface area contributed by atoms with E-state index in [0.29, 0.717) is 5.92 Å². The zero-order chi connectivity index (χ0) is 8.10. The Morgan fingerprint density at radius 1 is 1.73 bits per heavy atom. The molecule has 1 aliphatic rings. The molecule has 2 N–H and O–H groups in total. The molecule has 0 aromatic heterocycles. The van der Waals surface area contributed by atoms with Crippen LogP contribution >= 0.6 is 0 Å². The summed E-state index contributed by atoms with van der Waals surface area (Å²) in [4.78, 5) is 10.8. The monoisotopic (exact) mass is 158 g/mol. The van der Waals surface area contributed by atoms with Gasteiger partial charge in [0.2, 0.25) is 5.91 Å². The van der Waals surface area contributed by atoms with Crippen molar-refractivity contribution in [2.75, 3.05) is 33.4 Å². The molecule has 1 amide bonds. The van der Waals surface area contributed by atoms with E-state index in [1.54, 1.807) is 0 Å². The molecule has 0 spiro atoms. The highest BCUT2D eigenvalue weighted by Gasteiger charge is 2.16. The van der Waals surface area contributed by atoms with Crippen LogP contribution in [0.5, 0.6) is 0 Å². The van der Waals surface area contributed by atoms with E-state index in [1.165, 1.54) is 7.11 Å². The van der Waals surface area contributed by atoms with Crippen molar-refractivity contribution in [1.82, 2.24) is 10.6 Å². The van der Waals surface area contributed by atoms with Crippen LogP contribution in [0.25, 0.3) is 0 Å². The Labute approximate surface area is 66.3 Å². The lowest BCUT2D eigenvalue weighted by molar-refractivity contribution is -0.124. The summed E-state index contributed by atoms with van der Waals surface area (Å²) in [6, 6.07) is 0. The summed E-state index contributed by atoms with van der Waals surface area (Å²) in [5.74, 6) is 0.593. The van der Waals surface area contributed by atoms with Gasteiger partial charge in [-0.15, -0.1) is 0 Å². The van der Waals surface area contributed by atoms with E-state index in [1.807, 2.05) is 0 Å². The number of ether oxygens (including phenoxy) is 1. The second kappa shape index (κ2) is 4.31. The van der Waals surface area contributed by atoms with Gasteiger partial charge in [-0.2, -0.15) is 0 Å². The Kier molecular flexibility index (Phi) is 3.32. The van der Waals surface area contributed by atoms with Crippen LogP contribution < -0.4 is 10.6 Å². The maximum absolute atomic E-state index is 10.8. The minimum Gasteiger partial charge on any atom is -0.375 e. The van der Waals surface area contributed by atoms with E-state index in [0.717, 1.165) is 19.6 Å². The SMILES string of the molecule is COCC(=O)NCC1CNC1. The minimum atomic E-state index is -0.0283. The summed E-state index contributed by atoms with van der Waals surface area (Å²) in [5, 5.41) is 5.92. The average Bonchev–Trinajstić information content (AvgIpc) is 1.85. The fourth-order valence-electron chi connectivity index (χ4n) is 0.933. The molecule has 4 nitrogen and oxygen atoms in total. The molecule has 64 valence electrons. The van der Waals surface area contributed by atoms with Gasteiger partial charge in [-0.05, 0) is 0 Å². The number of hydrogen-bond donors (Lipinski definition) is 2. The van der Waals surface area contributed by atoms with Gasteiger partial charge in [0.1, 0.15) is 6.61 Å². The van der Waals surface area contributed by atoms with Crippen molar-refractivity contribution >= 4 is 5.91 Å². The highest BCUT2D eigenvalue weighted by atomic mass is 16.5. The maximum Gasteiger partial charge on any atom is 0.245 e. The van der Waals surface area contributed by atoms with Crippen molar-refractivity contribution in [2.45, 2.75) is 0 Å². The fourth-order valence-corrected chi connectivity index (χ4v) is 0.933. The second-order valence-corrected chi connectivity index (χ2v) is 2.76. The third kappa shape index (κ3) is 2.86. The zero-order valence-corrected chi connectivity index (χ0v) is 6.72. The molecule has 1 rings (SSSR count). The molecular weight excluding hydrogens is 144 g/mol. The van der Waals surface area contributed by atoms with E-state index in [9.17, 15) is 4.79 Å². The smallest absolute Gasteiger partial charge is 0.245 e. The first-order valence-electron chi connectivity index (χ1n) is 3.79. The van der Waals surface area contributed by atoms with Crippen LogP contribution in [0, 0.1) is 5.92 Å². The maximum atomic E-state index is 10.8. The van der Waals surface area contributed by atoms with Gasteiger partial charge in [-0.3, -0.25) is 4.79 Å². The summed E-state index contributed by atoms with van der Waals surface area (Å²) in [6.07, 6.45) is 0. The van der Waals surface area contributed by atoms with Crippen LogP contribution in [0.2, 0.25) is 0 Å². The lowest BCUT2D eigenvalue weighted by atomic mass is 10.0. The second-order valence-electron chi connectivity index (χ2n) is 2.76. The van der Waals surface area contributed by atoms with Crippen molar-refractivity contribution in [3.8, 4) is 0 Å². The summed E-state index contributed by atoms with van der Waals surface area (Å²) in [6.45, 7) is 2.98. The van der Waals surface area contributed by atoms with Crippen molar-refractivity contribution in [2.24, 2.45) is 5.92 Å². The molecule has 1 heterocycles. The molecule has 1 fully saturated rings. The van der Waals surface area contributed by atoms with E-state index < -0.39 is 0 Å². The molecule has 0 aliphatic carbocycles. The number of carbonyl (C=O) groups is 1. The molecule has 1 saturated heterocycles. The summed E-state index contributed by atoms with van der Waals surface area (Å²) in [5.41, 5.74) is 0. The van der Waals surface area contributed by atoms with Crippen LogP contribution in [0.15, 0.2) is 0 Å². The van der Waals surface area contributed by atoms with Gasteiger partial charge in [0, 0.05) is 32.7 Å². The predicted octanol–water partition coefficient (Wildman–Crippen LogP) is -1.03. The highest BCUT2D eigenvalue weighted by molar-refractivity contribution is 5.77. The summed E-state index contributed by atoms with van der Waals surface area (Å²) in [7, 11) is 1.52. The lowest BCUT2D eigenvalue weighted by Gasteiger charge is -2.26. The number of methoxy groups -OCH3 is 1. The largest absolute Gasteiger partial charge is 0.375 e. The average molecular weight is 158 g/mol. The summed E-state index contributed by atoms with van der Waals surface area (Å²) < 4.78 is 4.66. The van der Waals surface area contributed by atoms with Crippen molar-refractivity contribution < 1.29 is 9.53 Å². The quantitative estimate of drug-likeness (QED) is 0.550. The first-order valence-corrected chi connectivity index (χ1v) is 3.79.